The minimum Gasteiger partial charge on any atom is -0.359 e. The van der Waals surface area contributed by atoms with E-state index in [1.165, 1.54) is 25.7 Å². The highest BCUT2D eigenvalue weighted by Crippen LogP contribution is 2.55. The van der Waals surface area contributed by atoms with E-state index in [2.05, 4.69) is 22.5 Å². The average Bonchev–Trinajstić information content (AvgIpc) is 3.61. The van der Waals surface area contributed by atoms with E-state index in [4.69, 9.17) is 16.3 Å². The fraction of sp³-hybridized carbons (Fsp3) is 0.656. The molecule has 1 aromatic carbocycles. The van der Waals surface area contributed by atoms with Crippen molar-refractivity contribution in [3.8, 4) is 0 Å². The number of amides is 3. The minimum absolute atomic E-state index is 0.117. The molecule has 8 nitrogen and oxygen atoms in total. The van der Waals surface area contributed by atoms with Crippen LogP contribution in [0.25, 0.3) is 0 Å². The first kappa shape index (κ1) is 28.7. The van der Waals surface area contributed by atoms with Crippen LogP contribution in [0.1, 0.15) is 71.1 Å². The van der Waals surface area contributed by atoms with Gasteiger partial charge in [-0.3, -0.25) is 14.4 Å². The summed E-state index contributed by atoms with van der Waals surface area (Å²) >= 11 is 6.14. The average molecular weight is 583 g/mol. The molecule has 222 valence electrons. The molecular weight excluding hydrogens is 540 g/mol. The van der Waals surface area contributed by atoms with Crippen LogP contribution >= 0.6 is 11.6 Å². The van der Waals surface area contributed by atoms with E-state index in [-0.39, 0.29) is 23.8 Å². The van der Waals surface area contributed by atoms with Gasteiger partial charge in [0.05, 0.1) is 17.9 Å². The standard InChI is InChI=1S/C32H43ClN4O4/c1-2-24-14-6-7-17-36(24)18-9-19-37-28(30(39)34-22-11-4-3-5-12-22)32-16-15-25(41-32)26(27(32)31(37)40)29(38)35-23-13-8-10-21(33)20-23/h8,10,13,15-16,20,22,24-28H,2-7,9,11-12,14,17-19H2,1H3,(H,34,39)(H,35,38)/t24-,25+,26-,27+,28-,32+/m1/s1. The molecule has 0 radical (unpaired) electrons. The smallest absolute Gasteiger partial charge is 0.246 e. The van der Waals surface area contributed by atoms with Crippen molar-refractivity contribution in [2.24, 2.45) is 11.8 Å². The number of fused-ring (bicyclic) bond motifs is 1. The molecule has 0 unspecified atom stereocenters. The third-order valence-corrected chi connectivity index (χ3v) is 10.3. The monoisotopic (exact) mass is 582 g/mol. The van der Waals surface area contributed by atoms with Gasteiger partial charge in [-0.15, -0.1) is 0 Å². The van der Waals surface area contributed by atoms with Crippen molar-refractivity contribution in [1.29, 1.82) is 0 Å². The summed E-state index contributed by atoms with van der Waals surface area (Å²) < 4.78 is 6.50. The van der Waals surface area contributed by atoms with Crippen LogP contribution in [0.2, 0.25) is 5.02 Å². The molecule has 2 N–H and O–H groups in total. The van der Waals surface area contributed by atoms with Crippen molar-refractivity contribution in [2.75, 3.05) is 25.0 Å². The number of nitrogens with one attached hydrogen (secondary N) is 2. The van der Waals surface area contributed by atoms with Gasteiger partial charge in [0, 0.05) is 35.9 Å². The summed E-state index contributed by atoms with van der Waals surface area (Å²) in [5.41, 5.74) is -0.558. The van der Waals surface area contributed by atoms with Gasteiger partial charge in [-0.05, 0) is 63.3 Å². The first-order chi connectivity index (χ1) is 19.9. The third-order valence-electron chi connectivity index (χ3n) is 10.0. The lowest BCUT2D eigenvalue weighted by Gasteiger charge is -2.36. The van der Waals surface area contributed by atoms with Gasteiger partial charge in [0.25, 0.3) is 0 Å². The zero-order valence-electron chi connectivity index (χ0n) is 24.0. The molecule has 2 bridgehead atoms. The Balaban J connectivity index is 1.23. The molecule has 0 aromatic heterocycles. The summed E-state index contributed by atoms with van der Waals surface area (Å²) in [4.78, 5) is 46.2. The molecule has 1 spiro atoms. The highest BCUT2D eigenvalue weighted by molar-refractivity contribution is 6.30. The lowest BCUT2D eigenvalue weighted by Crippen LogP contribution is -2.56. The predicted molar refractivity (Wildman–Crippen MR) is 158 cm³/mol. The van der Waals surface area contributed by atoms with E-state index in [0.717, 1.165) is 51.6 Å². The van der Waals surface area contributed by atoms with Gasteiger partial charge in [-0.2, -0.15) is 0 Å². The second kappa shape index (κ2) is 12.1. The molecule has 3 amide bonds. The van der Waals surface area contributed by atoms with Crippen molar-refractivity contribution in [3.05, 3.63) is 41.4 Å². The van der Waals surface area contributed by atoms with Crippen molar-refractivity contribution >= 4 is 35.0 Å². The fourth-order valence-electron chi connectivity index (χ4n) is 8.09. The summed E-state index contributed by atoms with van der Waals surface area (Å²) in [5, 5.41) is 6.74. The van der Waals surface area contributed by atoms with E-state index in [1.807, 2.05) is 12.2 Å². The van der Waals surface area contributed by atoms with Gasteiger partial charge in [0.15, 0.2) is 0 Å². The van der Waals surface area contributed by atoms with Crippen LogP contribution < -0.4 is 10.6 Å². The Morgan fingerprint density at radius 1 is 1.07 bits per heavy atom. The van der Waals surface area contributed by atoms with Crippen LogP contribution in [0.5, 0.6) is 0 Å². The fourth-order valence-corrected chi connectivity index (χ4v) is 8.28. The Morgan fingerprint density at radius 3 is 2.66 bits per heavy atom. The van der Waals surface area contributed by atoms with Crippen LogP contribution in [-0.4, -0.2) is 77.0 Å². The molecule has 4 aliphatic heterocycles. The summed E-state index contributed by atoms with van der Waals surface area (Å²) in [6, 6.07) is 6.90. The normalized spacial score (nSPS) is 33.3. The number of halogens is 1. The second-order valence-corrected chi connectivity index (χ2v) is 13.0. The second-order valence-electron chi connectivity index (χ2n) is 12.5. The third kappa shape index (κ3) is 5.43. The first-order valence-corrected chi connectivity index (χ1v) is 16.1. The largest absolute Gasteiger partial charge is 0.359 e. The highest BCUT2D eigenvalue weighted by atomic mass is 35.5. The number of ether oxygens (including phenoxy) is 1. The maximum Gasteiger partial charge on any atom is 0.246 e. The number of likely N-dealkylation sites (tertiary alicyclic amines) is 2. The Morgan fingerprint density at radius 2 is 1.88 bits per heavy atom. The van der Waals surface area contributed by atoms with Crippen molar-refractivity contribution < 1.29 is 19.1 Å². The number of anilines is 1. The molecule has 41 heavy (non-hydrogen) atoms. The van der Waals surface area contributed by atoms with Crippen molar-refractivity contribution in [3.63, 3.8) is 0 Å². The van der Waals surface area contributed by atoms with E-state index in [0.29, 0.717) is 23.3 Å². The number of benzene rings is 1. The molecule has 4 fully saturated rings. The summed E-state index contributed by atoms with van der Waals surface area (Å²) in [7, 11) is 0. The minimum atomic E-state index is -1.13. The van der Waals surface area contributed by atoms with Crippen molar-refractivity contribution in [1.82, 2.24) is 15.1 Å². The van der Waals surface area contributed by atoms with Crippen LogP contribution in [-0.2, 0) is 19.1 Å². The maximum atomic E-state index is 14.2. The highest BCUT2D eigenvalue weighted by Gasteiger charge is 2.72. The van der Waals surface area contributed by atoms with Crippen molar-refractivity contribution in [2.45, 2.75) is 101 Å². The number of carbonyl (C=O) groups excluding carboxylic acids is 3. The Hall–Kier alpha value is -2.42. The lowest BCUT2D eigenvalue weighted by atomic mass is 9.74. The van der Waals surface area contributed by atoms with Gasteiger partial charge in [-0.25, -0.2) is 0 Å². The Kier molecular flexibility index (Phi) is 8.44. The van der Waals surface area contributed by atoms with Crippen LogP contribution in [0.3, 0.4) is 0 Å². The molecule has 4 heterocycles. The first-order valence-electron chi connectivity index (χ1n) is 15.7. The zero-order valence-corrected chi connectivity index (χ0v) is 24.8. The molecule has 5 aliphatic rings. The number of piperidine rings is 1. The summed E-state index contributed by atoms with van der Waals surface area (Å²) in [5.74, 6) is -2.05. The summed E-state index contributed by atoms with van der Waals surface area (Å²) in [6.45, 7) is 4.70. The molecule has 3 saturated heterocycles. The Bertz CT molecular complexity index is 1190. The number of nitrogens with zero attached hydrogens (tertiary/aromatic N) is 2. The number of hydrogen-bond donors (Lipinski definition) is 2. The van der Waals surface area contributed by atoms with Gasteiger partial charge in [-0.1, -0.05) is 62.4 Å². The summed E-state index contributed by atoms with van der Waals surface area (Å²) in [6.07, 6.45) is 14.1. The number of rotatable bonds is 9. The van der Waals surface area contributed by atoms with Gasteiger partial charge in [0.1, 0.15) is 11.6 Å². The van der Waals surface area contributed by atoms with Gasteiger partial charge < -0.3 is 25.2 Å². The van der Waals surface area contributed by atoms with E-state index in [9.17, 15) is 14.4 Å². The molecule has 6 rings (SSSR count). The lowest BCUT2D eigenvalue weighted by molar-refractivity contribution is -0.141. The molecular formula is C32H43ClN4O4. The quantitative estimate of drug-likeness (QED) is 0.418. The number of carbonyl (C=O) groups is 3. The van der Waals surface area contributed by atoms with Gasteiger partial charge >= 0.3 is 0 Å². The SMILES string of the molecule is CC[C@@H]1CCCCN1CCCN1C(=O)[C@@H]2[C@H](C(=O)Nc3cccc(Cl)c3)[C@@H]3C=C[C@@]2(O3)[C@H]1C(=O)NC1CCCCC1. The maximum absolute atomic E-state index is 14.2. The topological polar surface area (TPSA) is 91.0 Å². The molecule has 1 aliphatic carbocycles. The van der Waals surface area contributed by atoms with E-state index in [1.54, 1.807) is 29.2 Å². The number of hydrogen-bond acceptors (Lipinski definition) is 5. The van der Waals surface area contributed by atoms with E-state index < -0.39 is 29.6 Å². The van der Waals surface area contributed by atoms with Crippen LogP contribution in [0.15, 0.2) is 36.4 Å². The van der Waals surface area contributed by atoms with Crippen LogP contribution in [0, 0.1) is 11.8 Å². The molecule has 1 saturated carbocycles. The molecule has 6 atom stereocenters. The van der Waals surface area contributed by atoms with E-state index >= 15 is 0 Å². The molecule has 9 heteroatoms. The zero-order chi connectivity index (χ0) is 28.6. The van der Waals surface area contributed by atoms with Crippen LogP contribution in [0.4, 0.5) is 5.69 Å². The molecule has 1 aromatic rings. The predicted octanol–water partition coefficient (Wildman–Crippen LogP) is 4.53. The van der Waals surface area contributed by atoms with Gasteiger partial charge in [0.2, 0.25) is 17.7 Å². The Labute approximate surface area is 248 Å².